The second-order valence-corrected chi connectivity index (χ2v) is 5.35. The van der Waals surface area contributed by atoms with Crippen molar-refractivity contribution in [2.24, 2.45) is 5.92 Å². The molecule has 0 spiro atoms. The summed E-state index contributed by atoms with van der Waals surface area (Å²) in [4.78, 5) is 11.8. The van der Waals surface area contributed by atoms with E-state index in [9.17, 15) is 18.0 Å². The lowest BCUT2D eigenvalue weighted by Gasteiger charge is -2.19. The highest BCUT2D eigenvalue weighted by molar-refractivity contribution is 5.89. The van der Waals surface area contributed by atoms with E-state index in [1.807, 2.05) is 0 Å². The van der Waals surface area contributed by atoms with Crippen LogP contribution in [0.1, 0.15) is 19.3 Å². The van der Waals surface area contributed by atoms with Crippen molar-refractivity contribution in [3.8, 4) is 0 Å². The largest absolute Gasteiger partial charge is 0.391 e. The van der Waals surface area contributed by atoms with E-state index in [-0.39, 0.29) is 5.92 Å². The number of anilines is 1. The predicted octanol–water partition coefficient (Wildman–Crippen LogP) is 2.38. The van der Waals surface area contributed by atoms with Crippen molar-refractivity contribution in [3.63, 3.8) is 0 Å². The Morgan fingerprint density at radius 1 is 1.55 bits per heavy atom. The topological polar surface area (TPSA) is 68.2 Å². The molecule has 1 unspecified atom stereocenters. The molecule has 1 fully saturated rings. The van der Waals surface area contributed by atoms with Crippen molar-refractivity contribution in [1.82, 2.24) is 15.1 Å². The molecule has 1 aliphatic rings. The maximum absolute atomic E-state index is 12.5. The van der Waals surface area contributed by atoms with Gasteiger partial charge in [-0.15, -0.1) is 0 Å². The van der Waals surface area contributed by atoms with Crippen LogP contribution in [0.5, 0.6) is 0 Å². The summed E-state index contributed by atoms with van der Waals surface area (Å²) in [5.41, 5.74) is 0.426. The van der Waals surface area contributed by atoms with Gasteiger partial charge in [-0.2, -0.15) is 18.3 Å². The van der Waals surface area contributed by atoms with E-state index in [4.69, 9.17) is 4.74 Å². The molecule has 2 rings (SSSR count). The number of halogens is 3. The van der Waals surface area contributed by atoms with Crippen molar-refractivity contribution >= 4 is 11.7 Å². The predicted molar refractivity (Wildman–Crippen MR) is 73.4 cm³/mol. The number of methoxy groups -OCH3 is 1. The quantitative estimate of drug-likeness (QED) is 0.810. The summed E-state index contributed by atoms with van der Waals surface area (Å²) in [6, 6.07) is -1.52. The van der Waals surface area contributed by atoms with E-state index < -0.39 is 24.7 Å². The Labute approximate surface area is 126 Å². The number of hydrogen-bond donors (Lipinski definition) is 2. The lowest BCUT2D eigenvalue weighted by molar-refractivity contribution is -0.140. The van der Waals surface area contributed by atoms with Gasteiger partial charge in [-0.3, -0.25) is 4.68 Å². The maximum atomic E-state index is 12.5. The molecule has 0 bridgehead atoms. The number of aromatic nitrogens is 2. The van der Waals surface area contributed by atoms with Gasteiger partial charge in [-0.05, 0) is 18.8 Å². The number of amides is 2. The van der Waals surface area contributed by atoms with Gasteiger partial charge in [0.25, 0.3) is 0 Å². The Kier molecular flexibility index (Phi) is 5.28. The summed E-state index contributed by atoms with van der Waals surface area (Å²) in [6.45, 7) is 1.00. The van der Waals surface area contributed by atoms with Gasteiger partial charge < -0.3 is 15.4 Å². The average molecular weight is 320 g/mol. The molecule has 0 saturated heterocycles. The molecular formula is C13H19F3N4O2. The van der Waals surface area contributed by atoms with Crippen molar-refractivity contribution in [1.29, 1.82) is 0 Å². The van der Waals surface area contributed by atoms with Gasteiger partial charge in [0, 0.05) is 19.3 Å². The van der Waals surface area contributed by atoms with Crippen LogP contribution >= 0.6 is 0 Å². The minimum Gasteiger partial charge on any atom is -0.383 e. The number of urea groups is 1. The molecule has 1 saturated carbocycles. The van der Waals surface area contributed by atoms with Crippen LogP contribution in [0.3, 0.4) is 0 Å². The normalized spacial score (nSPS) is 16.4. The zero-order valence-electron chi connectivity index (χ0n) is 12.2. The van der Waals surface area contributed by atoms with Gasteiger partial charge in [0.1, 0.15) is 0 Å². The Morgan fingerprint density at radius 3 is 2.86 bits per heavy atom. The molecule has 0 radical (unpaired) electrons. The number of hydrogen-bond acceptors (Lipinski definition) is 3. The highest BCUT2D eigenvalue weighted by Gasteiger charge is 2.40. The summed E-state index contributed by atoms with van der Waals surface area (Å²) in [5.74, 6) is -0.0863. The lowest BCUT2D eigenvalue weighted by Crippen LogP contribution is -2.41. The maximum Gasteiger partial charge on any atom is 0.391 e. The fraction of sp³-hybridized carbons (Fsp3) is 0.692. The molecule has 124 valence electrons. The van der Waals surface area contributed by atoms with Crippen molar-refractivity contribution < 1.29 is 22.7 Å². The second kappa shape index (κ2) is 6.99. The zero-order chi connectivity index (χ0) is 16.2. The SMILES string of the molecule is COCCn1cc(NC(=O)NC(CC(F)(F)F)C2CC2)cn1. The first-order chi connectivity index (χ1) is 10.4. The number of carbonyl (C=O) groups is 1. The van der Waals surface area contributed by atoms with E-state index in [2.05, 4.69) is 15.7 Å². The third kappa shape index (κ3) is 5.55. The van der Waals surface area contributed by atoms with Gasteiger partial charge in [-0.25, -0.2) is 4.79 Å². The van der Waals surface area contributed by atoms with Crippen molar-refractivity contribution in [2.45, 2.75) is 38.0 Å². The molecule has 1 heterocycles. The lowest BCUT2D eigenvalue weighted by atomic mass is 10.1. The smallest absolute Gasteiger partial charge is 0.383 e. The minimum atomic E-state index is -4.29. The molecular weight excluding hydrogens is 301 g/mol. The van der Waals surface area contributed by atoms with Crippen LogP contribution in [-0.4, -0.2) is 41.7 Å². The Morgan fingerprint density at radius 2 is 2.27 bits per heavy atom. The fourth-order valence-electron chi connectivity index (χ4n) is 2.15. The van der Waals surface area contributed by atoms with Crippen LogP contribution in [0.15, 0.2) is 12.4 Å². The van der Waals surface area contributed by atoms with E-state index in [1.165, 1.54) is 6.20 Å². The highest BCUT2D eigenvalue weighted by Crippen LogP contribution is 2.37. The van der Waals surface area contributed by atoms with Gasteiger partial charge in [0.05, 0.1) is 31.5 Å². The first-order valence-electron chi connectivity index (χ1n) is 7.03. The minimum absolute atomic E-state index is 0.0863. The van der Waals surface area contributed by atoms with Crippen LogP contribution in [0.2, 0.25) is 0 Å². The Bertz CT molecular complexity index is 500. The highest BCUT2D eigenvalue weighted by atomic mass is 19.4. The molecule has 0 aromatic carbocycles. The zero-order valence-corrected chi connectivity index (χ0v) is 12.2. The Balaban J connectivity index is 1.84. The number of nitrogens with zero attached hydrogens (tertiary/aromatic N) is 2. The molecule has 9 heteroatoms. The van der Waals surface area contributed by atoms with Crippen LogP contribution in [-0.2, 0) is 11.3 Å². The number of nitrogens with one attached hydrogen (secondary N) is 2. The van der Waals surface area contributed by atoms with Crippen molar-refractivity contribution in [3.05, 3.63) is 12.4 Å². The average Bonchev–Trinajstić information content (AvgIpc) is 3.16. The molecule has 22 heavy (non-hydrogen) atoms. The standard InChI is InChI=1S/C13H19F3N4O2/c1-22-5-4-20-8-10(7-17-20)18-12(21)19-11(9-2-3-9)6-13(14,15)16/h7-9,11H,2-6H2,1H3,(H2,18,19,21). The van der Waals surface area contributed by atoms with E-state index in [1.54, 1.807) is 18.0 Å². The summed E-state index contributed by atoms with van der Waals surface area (Å²) in [5, 5.41) is 8.91. The first kappa shape index (κ1) is 16.6. The van der Waals surface area contributed by atoms with E-state index >= 15 is 0 Å². The molecule has 1 aromatic heterocycles. The number of rotatable bonds is 7. The van der Waals surface area contributed by atoms with Crippen LogP contribution in [0, 0.1) is 5.92 Å². The number of alkyl halides is 3. The Hall–Kier alpha value is -1.77. The molecule has 6 nitrogen and oxygen atoms in total. The first-order valence-corrected chi connectivity index (χ1v) is 7.03. The third-order valence-corrected chi connectivity index (χ3v) is 3.37. The van der Waals surface area contributed by atoms with Gasteiger partial charge >= 0.3 is 12.2 Å². The van der Waals surface area contributed by atoms with E-state index in [0.717, 1.165) is 12.8 Å². The van der Waals surface area contributed by atoms with E-state index in [0.29, 0.717) is 18.8 Å². The van der Waals surface area contributed by atoms with Crippen LogP contribution < -0.4 is 10.6 Å². The molecule has 0 aliphatic heterocycles. The number of carbonyl (C=O) groups excluding carboxylic acids is 1. The van der Waals surface area contributed by atoms with Gasteiger partial charge in [0.15, 0.2) is 0 Å². The molecule has 2 N–H and O–H groups in total. The fourth-order valence-corrected chi connectivity index (χ4v) is 2.15. The summed E-state index contributed by atoms with van der Waals surface area (Å²) < 4.78 is 44.0. The summed E-state index contributed by atoms with van der Waals surface area (Å²) in [7, 11) is 1.56. The molecule has 2 amide bonds. The molecule has 1 atom stereocenters. The van der Waals surface area contributed by atoms with Gasteiger partial charge in [0.2, 0.25) is 0 Å². The third-order valence-electron chi connectivity index (χ3n) is 3.37. The molecule has 1 aliphatic carbocycles. The second-order valence-electron chi connectivity index (χ2n) is 5.35. The van der Waals surface area contributed by atoms with Gasteiger partial charge in [-0.1, -0.05) is 0 Å². The summed E-state index contributed by atoms with van der Waals surface area (Å²) >= 11 is 0. The molecule has 1 aromatic rings. The van der Waals surface area contributed by atoms with Crippen LogP contribution in [0.4, 0.5) is 23.7 Å². The summed E-state index contributed by atoms with van der Waals surface area (Å²) in [6.07, 6.45) is -0.824. The van der Waals surface area contributed by atoms with Crippen molar-refractivity contribution in [2.75, 3.05) is 19.0 Å². The van der Waals surface area contributed by atoms with Crippen LogP contribution in [0.25, 0.3) is 0 Å². The number of ether oxygens (including phenoxy) is 1. The monoisotopic (exact) mass is 320 g/mol.